The van der Waals surface area contributed by atoms with Gasteiger partial charge in [0.2, 0.25) is 10.0 Å². The number of primary sulfonamides is 1. The fourth-order valence-corrected chi connectivity index (χ4v) is 3.60. The summed E-state index contributed by atoms with van der Waals surface area (Å²) in [6, 6.07) is 7.54. The van der Waals surface area contributed by atoms with Gasteiger partial charge in [-0.1, -0.05) is 5.16 Å². The standard InChI is InChI=1S/C14H13N3O6S2/c1-9-12(6-7-22-9)13-8-14(16-23-13)17-25(20,21)11-4-2-10(3-5-11)24(15,18)19/h2-8H,1H3,(H,16,17)(H2,15,18,19). The molecule has 0 aliphatic heterocycles. The van der Waals surface area contributed by atoms with Crippen molar-refractivity contribution in [3.63, 3.8) is 0 Å². The molecule has 9 nitrogen and oxygen atoms in total. The predicted molar refractivity (Wildman–Crippen MR) is 87.6 cm³/mol. The molecule has 0 saturated heterocycles. The van der Waals surface area contributed by atoms with Gasteiger partial charge in [-0.05, 0) is 37.3 Å². The van der Waals surface area contributed by atoms with Crippen molar-refractivity contribution in [3.05, 3.63) is 48.4 Å². The van der Waals surface area contributed by atoms with Crippen molar-refractivity contribution in [1.29, 1.82) is 0 Å². The zero-order chi connectivity index (χ0) is 18.2. The van der Waals surface area contributed by atoms with Crippen molar-refractivity contribution in [1.82, 2.24) is 5.16 Å². The summed E-state index contributed by atoms with van der Waals surface area (Å²) in [5, 5.41) is 8.64. The van der Waals surface area contributed by atoms with Gasteiger partial charge in [0.05, 0.1) is 21.6 Å². The van der Waals surface area contributed by atoms with Crippen LogP contribution in [0.15, 0.2) is 61.4 Å². The molecule has 132 valence electrons. The number of rotatable bonds is 5. The maximum atomic E-state index is 12.3. The van der Waals surface area contributed by atoms with Crippen molar-refractivity contribution >= 4 is 25.9 Å². The summed E-state index contributed by atoms with van der Waals surface area (Å²) >= 11 is 0. The summed E-state index contributed by atoms with van der Waals surface area (Å²) in [5.74, 6) is 0.920. The summed E-state index contributed by atoms with van der Waals surface area (Å²) < 4.78 is 59.6. The van der Waals surface area contributed by atoms with Gasteiger partial charge in [0, 0.05) is 6.07 Å². The zero-order valence-corrected chi connectivity index (χ0v) is 14.5. The van der Waals surface area contributed by atoms with Gasteiger partial charge in [0.1, 0.15) is 5.76 Å². The molecule has 0 spiro atoms. The molecule has 3 aromatic rings. The fraction of sp³-hybridized carbons (Fsp3) is 0.0714. The second-order valence-corrected chi connectivity index (χ2v) is 8.33. The van der Waals surface area contributed by atoms with Crippen LogP contribution < -0.4 is 9.86 Å². The molecule has 11 heteroatoms. The molecule has 25 heavy (non-hydrogen) atoms. The van der Waals surface area contributed by atoms with Crippen LogP contribution in [0.4, 0.5) is 5.82 Å². The van der Waals surface area contributed by atoms with Gasteiger partial charge in [-0.25, -0.2) is 22.0 Å². The van der Waals surface area contributed by atoms with Gasteiger partial charge in [0.15, 0.2) is 11.6 Å². The molecule has 3 N–H and O–H groups in total. The maximum absolute atomic E-state index is 12.3. The molecule has 2 aromatic heterocycles. The second-order valence-electron chi connectivity index (χ2n) is 5.09. The third kappa shape index (κ3) is 3.57. The highest BCUT2D eigenvalue weighted by Gasteiger charge is 2.19. The lowest BCUT2D eigenvalue weighted by Gasteiger charge is -2.05. The predicted octanol–water partition coefficient (Wildman–Crippen LogP) is 1.69. The smallest absolute Gasteiger partial charge is 0.263 e. The Hall–Kier alpha value is -2.63. The SMILES string of the molecule is Cc1occc1-c1cc(NS(=O)(=O)c2ccc(S(N)(=O)=O)cc2)no1. The van der Waals surface area contributed by atoms with Gasteiger partial charge in [-0.2, -0.15) is 0 Å². The maximum Gasteiger partial charge on any atom is 0.263 e. The highest BCUT2D eigenvalue weighted by molar-refractivity contribution is 7.92. The van der Waals surface area contributed by atoms with E-state index in [9.17, 15) is 16.8 Å². The minimum atomic E-state index is -3.97. The van der Waals surface area contributed by atoms with Crippen LogP contribution >= 0.6 is 0 Å². The molecule has 2 heterocycles. The Morgan fingerprint density at radius 3 is 2.24 bits per heavy atom. The quantitative estimate of drug-likeness (QED) is 0.681. The van der Waals surface area contributed by atoms with Crippen molar-refractivity contribution in [2.45, 2.75) is 16.7 Å². The topological polar surface area (TPSA) is 146 Å². The Labute approximate surface area is 143 Å². The highest BCUT2D eigenvalue weighted by Crippen LogP contribution is 2.27. The Morgan fingerprint density at radius 2 is 1.68 bits per heavy atom. The van der Waals surface area contributed by atoms with Crippen LogP contribution in [0.25, 0.3) is 11.3 Å². The third-order valence-corrected chi connectivity index (χ3v) is 5.64. The van der Waals surface area contributed by atoms with Crippen LogP contribution in [-0.2, 0) is 20.0 Å². The van der Waals surface area contributed by atoms with E-state index in [1.54, 1.807) is 13.0 Å². The van der Waals surface area contributed by atoms with Crippen molar-refractivity contribution < 1.29 is 25.8 Å². The lowest BCUT2D eigenvalue weighted by Crippen LogP contribution is -2.15. The minimum absolute atomic E-state index is 0.0221. The molecule has 0 unspecified atom stereocenters. The van der Waals surface area contributed by atoms with E-state index >= 15 is 0 Å². The van der Waals surface area contributed by atoms with E-state index in [0.717, 1.165) is 24.3 Å². The normalized spacial score (nSPS) is 12.2. The Balaban J connectivity index is 1.85. The number of nitrogens with zero attached hydrogens (tertiary/aromatic N) is 1. The molecular weight excluding hydrogens is 370 g/mol. The van der Waals surface area contributed by atoms with E-state index in [1.807, 2.05) is 0 Å². The summed E-state index contributed by atoms with van der Waals surface area (Å²) in [4.78, 5) is -0.338. The number of hydrogen-bond donors (Lipinski definition) is 2. The number of anilines is 1. The fourth-order valence-electron chi connectivity index (χ4n) is 2.10. The average Bonchev–Trinajstić information content (AvgIpc) is 3.15. The van der Waals surface area contributed by atoms with Crippen LogP contribution in [0.3, 0.4) is 0 Å². The van der Waals surface area contributed by atoms with Crippen molar-refractivity contribution in [2.75, 3.05) is 4.72 Å². The largest absolute Gasteiger partial charge is 0.469 e. The van der Waals surface area contributed by atoms with Gasteiger partial charge in [-0.3, -0.25) is 4.72 Å². The lowest BCUT2D eigenvalue weighted by atomic mass is 10.2. The summed E-state index contributed by atoms with van der Waals surface area (Å²) in [6.07, 6.45) is 1.48. The summed E-state index contributed by atoms with van der Waals surface area (Å²) in [7, 11) is -7.87. The molecule has 0 bridgehead atoms. The van der Waals surface area contributed by atoms with Crippen LogP contribution in [0.2, 0.25) is 0 Å². The molecule has 1 aromatic carbocycles. The molecule has 3 rings (SSSR count). The van der Waals surface area contributed by atoms with Crippen molar-refractivity contribution in [3.8, 4) is 11.3 Å². The Bertz CT molecular complexity index is 1110. The first kappa shape index (κ1) is 17.2. The van der Waals surface area contributed by atoms with Crippen LogP contribution in [0, 0.1) is 6.92 Å². The molecule has 0 amide bonds. The monoisotopic (exact) mass is 383 g/mol. The number of nitrogens with one attached hydrogen (secondary N) is 1. The number of hydrogen-bond acceptors (Lipinski definition) is 7. The number of aromatic nitrogens is 1. The van der Waals surface area contributed by atoms with Gasteiger partial charge in [0.25, 0.3) is 10.0 Å². The van der Waals surface area contributed by atoms with Gasteiger partial charge in [-0.15, -0.1) is 0 Å². The van der Waals surface area contributed by atoms with Gasteiger partial charge < -0.3 is 8.94 Å². The molecule has 0 saturated carbocycles. The summed E-state index contributed by atoms with van der Waals surface area (Å²) in [5.41, 5.74) is 0.649. The minimum Gasteiger partial charge on any atom is -0.469 e. The van der Waals surface area contributed by atoms with E-state index in [4.69, 9.17) is 14.1 Å². The number of aryl methyl sites for hydroxylation is 1. The lowest BCUT2D eigenvalue weighted by molar-refractivity contribution is 0.434. The molecule has 0 aliphatic rings. The highest BCUT2D eigenvalue weighted by atomic mass is 32.2. The van der Waals surface area contributed by atoms with Crippen LogP contribution in [0.5, 0.6) is 0 Å². The number of sulfonamides is 2. The first-order chi connectivity index (χ1) is 11.7. The van der Waals surface area contributed by atoms with Crippen molar-refractivity contribution in [2.24, 2.45) is 5.14 Å². The number of furan rings is 1. The third-order valence-electron chi connectivity index (χ3n) is 3.34. The van der Waals surface area contributed by atoms with Gasteiger partial charge >= 0.3 is 0 Å². The number of nitrogens with two attached hydrogens (primary N) is 1. The average molecular weight is 383 g/mol. The molecule has 0 atom stereocenters. The van der Waals surface area contributed by atoms with Crippen LogP contribution in [0.1, 0.15) is 5.76 Å². The molecular formula is C14H13N3O6S2. The Morgan fingerprint density at radius 1 is 1.04 bits per heavy atom. The van der Waals surface area contributed by atoms with E-state index in [1.165, 1.54) is 12.3 Å². The summed E-state index contributed by atoms with van der Waals surface area (Å²) in [6.45, 7) is 1.73. The first-order valence-electron chi connectivity index (χ1n) is 6.84. The second kappa shape index (κ2) is 6.02. The van der Waals surface area contributed by atoms with E-state index < -0.39 is 20.0 Å². The van der Waals surface area contributed by atoms with E-state index in [2.05, 4.69) is 9.88 Å². The van der Waals surface area contributed by atoms with E-state index in [-0.39, 0.29) is 15.6 Å². The zero-order valence-electron chi connectivity index (χ0n) is 12.8. The molecule has 0 fully saturated rings. The molecule has 0 radical (unpaired) electrons. The Kier molecular flexibility index (Phi) is 4.14. The molecule has 0 aliphatic carbocycles. The van der Waals surface area contributed by atoms with Crippen LogP contribution in [-0.4, -0.2) is 22.0 Å². The number of benzene rings is 1. The first-order valence-corrected chi connectivity index (χ1v) is 9.87. The van der Waals surface area contributed by atoms with E-state index in [0.29, 0.717) is 17.1 Å².